The smallest absolute Gasteiger partial charge is 0.250 e. The van der Waals surface area contributed by atoms with E-state index >= 15 is 0 Å². The fraction of sp³-hybridized carbons (Fsp3) is 0.407. The van der Waals surface area contributed by atoms with Crippen LogP contribution in [-0.2, 0) is 31.1 Å². The predicted octanol–water partition coefficient (Wildman–Crippen LogP) is 1.16. The molecule has 4 atom stereocenters. The molecule has 2 saturated heterocycles. The van der Waals surface area contributed by atoms with Gasteiger partial charge in [-0.05, 0) is 43.5 Å². The molecule has 2 unspecified atom stereocenters. The highest BCUT2D eigenvalue weighted by Crippen LogP contribution is 2.54. The number of aryl methyl sites for hydroxylation is 2. The minimum atomic E-state index is -1.46. The lowest BCUT2D eigenvalue weighted by Crippen LogP contribution is -2.53. The average Bonchev–Trinajstić information content (AvgIpc) is 3.42. The zero-order valence-corrected chi connectivity index (χ0v) is 21.2. The van der Waals surface area contributed by atoms with Gasteiger partial charge in [0.05, 0.1) is 26.1 Å². The van der Waals surface area contributed by atoms with Gasteiger partial charge in [0.1, 0.15) is 5.54 Å². The van der Waals surface area contributed by atoms with Crippen LogP contribution in [0.5, 0.6) is 11.5 Å². The Balaban J connectivity index is 1.51. The van der Waals surface area contributed by atoms with Crippen LogP contribution in [0.1, 0.15) is 28.7 Å². The van der Waals surface area contributed by atoms with E-state index in [1.807, 2.05) is 32.0 Å². The van der Waals surface area contributed by atoms with Crippen LogP contribution in [0.4, 0.5) is 5.69 Å². The van der Waals surface area contributed by atoms with Gasteiger partial charge in [0.2, 0.25) is 23.6 Å². The van der Waals surface area contributed by atoms with E-state index < -0.39 is 47.0 Å². The van der Waals surface area contributed by atoms with Crippen LogP contribution in [0.15, 0.2) is 30.3 Å². The first-order valence-corrected chi connectivity index (χ1v) is 12.2. The molecular formula is C27H30N4O6. The number of nitrogens with two attached hydrogens (primary N) is 1. The second-order valence-corrected chi connectivity index (χ2v) is 9.96. The molecule has 10 nitrogen and oxygen atoms in total. The Bertz CT molecular complexity index is 1340. The van der Waals surface area contributed by atoms with Crippen LogP contribution in [-0.4, -0.2) is 55.3 Å². The normalized spacial score (nSPS) is 25.9. The van der Waals surface area contributed by atoms with E-state index in [0.717, 1.165) is 16.7 Å². The maximum atomic E-state index is 13.9. The van der Waals surface area contributed by atoms with E-state index in [1.165, 1.54) is 12.0 Å². The van der Waals surface area contributed by atoms with Crippen molar-refractivity contribution in [3.63, 3.8) is 0 Å². The van der Waals surface area contributed by atoms with E-state index in [4.69, 9.17) is 15.2 Å². The Labute approximate surface area is 214 Å². The number of amides is 4. The van der Waals surface area contributed by atoms with Gasteiger partial charge in [0.25, 0.3) is 0 Å². The molecule has 0 aromatic heterocycles. The zero-order valence-electron chi connectivity index (χ0n) is 21.2. The summed E-state index contributed by atoms with van der Waals surface area (Å²) in [6.07, 6.45) is 0.220. The largest absolute Gasteiger partial charge is 0.493 e. The highest BCUT2D eigenvalue weighted by atomic mass is 16.5. The summed E-state index contributed by atoms with van der Waals surface area (Å²) in [6.45, 7) is 3.92. The molecule has 0 aliphatic carbocycles. The third-order valence-electron chi connectivity index (χ3n) is 7.75. The van der Waals surface area contributed by atoms with Gasteiger partial charge >= 0.3 is 0 Å². The molecule has 2 aromatic carbocycles. The number of ether oxygens (including phenoxy) is 2. The van der Waals surface area contributed by atoms with Crippen LogP contribution in [0.25, 0.3) is 0 Å². The lowest BCUT2D eigenvalue weighted by Gasteiger charge is -2.29. The van der Waals surface area contributed by atoms with Crippen molar-refractivity contribution in [1.29, 1.82) is 0 Å². The summed E-state index contributed by atoms with van der Waals surface area (Å²) in [7, 11) is 3.08. The first kappa shape index (κ1) is 24.8. The van der Waals surface area contributed by atoms with E-state index in [1.54, 1.807) is 19.2 Å². The van der Waals surface area contributed by atoms with Crippen molar-refractivity contribution in [1.82, 2.24) is 10.2 Å². The van der Waals surface area contributed by atoms with E-state index in [0.29, 0.717) is 29.2 Å². The number of nitrogens with one attached hydrogen (secondary N) is 2. The van der Waals surface area contributed by atoms with Gasteiger partial charge < -0.3 is 20.5 Å². The summed E-state index contributed by atoms with van der Waals surface area (Å²) >= 11 is 0. The van der Waals surface area contributed by atoms with Crippen molar-refractivity contribution in [3.8, 4) is 11.5 Å². The Morgan fingerprint density at radius 1 is 1.05 bits per heavy atom. The molecule has 1 spiro atoms. The minimum Gasteiger partial charge on any atom is -0.493 e. The van der Waals surface area contributed by atoms with Crippen molar-refractivity contribution in [2.24, 2.45) is 17.6 Å². The highest BCUT2D eigenvalue weighted by molar-refractivity contribution is 6.15. The molecule has 2 fully saturated rings. The Morgan fingerprint density at radius 2 is 1.78 bits per heavy atom. The number of imide groups is 1. The van der Waals surface area contributed by atoms with E-state index in [9.17, 15) is 19.2 Å². The average molecular weight is 507 g/mol. The van der Waals surface area contributed by atoms with Crippen molar-refractivity contribution in [3.05, 3.63) is 52.6 Å². The van der Waals surface area contributed by atoms with Gasteiger partial charge in [-0.15, -0.1) is 0 Å². The molecule has 3 aliphatic rings. The molecule has 4 N–H and O–H groups in total. The van der Waals surface area contributed by atoms with Crippen LogP contribution in [0, 0.1) is 25.7 Å². The SMILES string of the molecule is COc1ccc(CCN2C(=O)[C@@H]3C(CC(N)=O)NC4(C(=O)Nc5c(C)cc(C)cc54)[C@@H]3C2=O)cc1OC. The molecule has 5 rings (SSSR count). The molecular weight excluding hydrogens is 476 g/mol. The van der Waals surface area contributed by atoms with Crippen molar-refractivity contribution in [2.45, 2.75) is 38.3 Å². The summed E-state index contributed by atoms with van der Waals surface area (Å²) in [5, 5.41) is 6.15. The third-order valence-corrected chi connectivity index (χ3v) is 7.75. The maximum Gasteiger partial charge on any atom is 0.250 e. The zero-order chi connectivity index (χ0) is 26.6. The molecule has 0 radical (unpaired) electrons. The number of methoxy groups -OCH3 is 2. The number of primary amides is 1. The van der Waals surface area contributed by atoms with E-state index in [-0.39, 0.29) is 13.0 Å². The first-order valence-electron chi connectivity index (χ1n) is 12.2. The number of benzene rings is 2. The Kier molecular flexibility index (Phi) is 5.94. The quantitative estimate of drug-likeness (QED) is 0.479. The van der Waals surface area contributed by atoms with Crippen LogP contribution in [0.3, 0.4) is 0 Å². The molecule has 10 heteroatoms. The summed E-state index contributed by atoms with van der Waals surface area (Å²) in [6, 6.07) is 8.48. The number of carbonyl (C=O) groups excluding carboxylic acids is 4. The van der Waals surface area contributed by atoms with Crippen molar-refractivity contribution >= 4 is 29.3 Å². The van der Waals surface area contributed by atoms with E-state index in [2.05, 4.69) is 10.6 Å². The number of hydrogen-bond donors (Lipinski definition) is 3. The molecule has 0 bridgehead atoms. The molecule has 194 valence electrons. The van der Waals surface area contributed by atoms with Crippen LogP contribution >= 0.6 is 0 Å². The maximum absolute atomic E-state index is 13.9. The summed E-state index contributed by atoms with van der Waals surface area (Å²) < 4.78 is 10.6. The molecule has 0 saturated carbocycles. The van der Waals surface area contributed by atoms with Crippen molar-refractivity contribution < 1.29 is 28.7 Å². The molecule has 2 aromatic rings. The van der Waals surface area contributed by atoms with Gasteiger partial charge in [-0.1, -0.05) is 23.8 Å². The Hall–Kier alpha value is -3.92. The lowest BCUT2D eigenvalue weighted by atomic mass is 9.76. The fourth-order valence-electron chi connectivity index (χ4n) is 6.21. The topological polar surface area (TPSA) is 140 Å². The monoisotopic (exact) mass is 506 g/mol. The minimum absolute atomic E-state index is 0.126. The standard InChI is InChI=1S/C27H30N4O6/c1-13-9-14(2)23-16(10-13)27(26(35)29-23)22-21(17(30-27)12-20(28)32)24(33)31(25(22)34)8-7-15-5-6-18(36-3)19(11-15)37-4/h5-6,9-11,17,21-22,30H,7-8,12H2,1-4H3,(H2,28,32)(H,29,35)/t17?,21-,22+,27?/m1/s1. The number of fused-ring (bicyclic) bond motifs is 4. The number of anilines is 1. The Morgan fingerprint density at radius 3 is 2.46 bits per heavy atom. The third kappa shape index (κ3) is 3.66. The van der Waals surface area contributed by atoms with Gasteiger partial charge in [-0.25, -0.2) is 0 Å². The molecule has 4 amide bonds. The second kappa shape index (κ2) is 8.88. The van der Waals surface area contributed by atoms with Gasteiger partial charge in [-0.2, -0.15) is 0 Å². The fourth-order valence-corrected chi connectivity index (χ4v) is 6.21. The van der Waals surface area contributed by atoms with Gasteiger partial charge in [0, 0.05) is 30.3 Å². The number of rotatable bonds is 7. The van der Waals surface area contributed by atoms with Crippen molar-refractivity contribution in [2.75, 3.05) is 26.1 Å². The predicted molar refractivity (Wildman–Crippen MR) is 134 cm³/mol. The van der Waals surface area contributed by atoms with Gasteiger partial charge in [0.15, 0.2) is 11.5 Å². The number of carbonyl (C=O) groups is 4. The molecule has 3 heterocycles. The highest BCUT2D eigenvalue weighted by Gasteiger charge is 2.70. The number of hydrogen-bond acceptors (Lipinski definition) is 7. The number of nitrogens with zero attached hydrogens (tertiary/aromatic N) is 1. The van der Waals surface area contributed by atoms with Gasteiger partial charge in [-0.3, -0.25) is 29.4 Å². The summed E-state index contributed by atoms with van der Waals surface area (Å²) in [5.74, 6) is -2.61. The molecule has 37 heavy (non-hydrogen) atoms. The summed E-state index contributed by atoms with van der Waals surface area (Å²) in [4.78, 5) is 54.3. The second-order valence-electron chi connectivity index (χ2n) is 9.96. The molecule has 3 aliphatic heterocycles. The van der Waals surface area contributed by atoms with Crippen LogP contribution in [0.2, 0.25) is 0 Å². The van der Waals surface area contributed by atoms with Crippen LogP contribution < -0.4 is 25.8 Å². The first-order chi connectivity index (χ1) is 17.6. The summed E-state index contributed by atoms with van der Waals surface area (Å²) in [5.41, 5.74) is 7.94. The lowest BCUT2D eigenvalue weighted by molar-refractivity contribution is -0.142. The number of likely N-dealkylation sites (tertiary alicyclic amines) is 1.